The van der Waals surface area contributed by atoms with Crippen molar-refractivity contribution in [1.82, 2.24) is 14.6 Å². The Morgan fingerprint density at radius 1 is 1.27 bits per heavy atom. The predicted molar refractivity (Wildman–Crippen MR) is 97.8 cm³/mol. The maximum Gasteiger partial charge on any atom is 0.270 e. The highest BCUT2D eigenvalue weighted by Crippen LogP contribution is 2.32. The largest absolute Gasteiger partial charge is 0.287 e. The molecule has 0 aliphatic heterocycles. The average molecular weight is 385 g/mol. The van der Waals surface area contributed by atoms with E-state index in [0.29, 0.717) is 32.4 Å². The van der Waals surface area contributed by atoms with Gasteiger partial charge in [-0.3, -0.25) is 14.9 Å². The van der Waals surface area contributed by atoms with Crippen LogP contribution in [0.15, 0.2) is 54.2 Å². The summed E-state index contributed by atoms with van der Waals surface area (Å²) in [6, 6.07) is 9.34. The third kappa shape index (κ3) is 2.65. The molecule has 0 amide bonds. The molecule has 0 bridgehead atoms. The van der Waals surface area contributed by atoms with Crippen LogP contribution in [0.5, 0.6) is 0 Å². The Bertz CT molecular complexity index is 1150. The number of hydrogen-bond acceptors (Lipinski definition) is 6. The molecule has 0 N–H and O–H groups in total. The van der Waals surface area contributed by atoms with Crippen LogP contribution in [0.3, 0.4) is 0 Å². The van der Waals surface area contributed by atoms with E-state index in [1.165, 1.54) is 46.4 Å². The van der Waals surface area contributed by atoms with Crippen LogP contribution in [0, 0.1) is 10.1 Å². The first kappa shape index (κ1) is 16.4. The fourth-order valence-electron chi connectivity index (χ4n) is 2.62. The molecule has 0 fully saturated rings. The molecule has 0 unspecified atom stereocenters. The molecular weight excluding hydrogens is 376 g/mol. The number of fused-ring (bicyclic) bond motifs is 1. The lowest BCUT2D eigenvalue weighted by atomic mass is 10.1. The molecule has 3 heterocycles. The number of halogens is 1. The highest BCUT2D eigenvalue weighted by Gasteiger charge is 2.20. The van der Waals surface area contributed by atoms with Gasteiger partial charge in [-0.25, -0.2) is 9.50 Å². The molecule has 128 valence electrons. The number of hydrogen-bond donors (Lipinski definition) is 0. The summed E-state index contributed by atoms with van der Waals surface area (Å²) >= 11 is 7.57. The van der Waals surface area contributed by atoms with Gasteiger partial charge in [0.1, 0.15) is 0 Å². The number of carbonyl (C=O) groups excluding carboxylic acids is 1. The third-order valence-electron chi connectivity index (χ3n) is 3.83. The van der Waals surface area contributed by atoms with Gasteiger partial charge in [0.15, 0.2) is 5.65 Å². The quantitative estimate of drug-likeness (QED) is 0.298. The summed E-state index contributed by atoms with van der Waals surface area (Å²) in [6.07, 6.45) is 2.96. The second-order valence-corrected chi connectivity index (χ2v) is 6.71. The maximum absolute atomic E-state index is 12.6. The molecule has 0 atom stereocenters. The molecule has 3 aromatic heterocycles. The van der Waals surface area contributed by atoms with Crippen molar-refractivity contribution >= 4 is 40.1 Å². The lowest BCUT2D eigenvalue weighted by Crippen LogP contribution is -2.01. The smallest absolute Gasteiger partial charge is 0.270 e. The number of aromatic nitrogens is 3. The van der Waals surface area contributed by atoms with Crippen LogP contribution >= 0.6 is 22.9 Å². The van der Waals surface area contributed by atoms with Gasteiger partial charge in [0.2, 0.25) is 5.78 Å². The number of benzene rings is 1. The SMILES string of the molecule is O=C(c1cccs1)c1cnn2c(-c3cc([N+](=O)[O-])ccc3Cl)ccnc12. The second kappa shape index (κ2) is 6.32. The minimum absolute atomic E-state index is 0.0867. The number of nitro groups is 1. The van der Waals surface area contributed by atoms with Crippen LogP contribution in [0.4, 0.5) is 5.69 Å². The fourth-order valence-corrected chi connectivity index (χ4v) is 3.51. The summed E-state index contributed by atoms with van der Waals surface area (Å²) in [6.45, 7) is 0. The Hall–Kier alpha value is -3.10. The van der Waals surface area contributed by atoms with Crippen LogP contribution in [-0.2, 0) is 0 Å². The molecule has 4 rings (SSSR count). The van der Waals surface area contributed by atoms with Gasteiger partial charge in [-0.2, -0.15) is 5.10 Å². The standard InChI is InChI=1S/C17H9ClN4O3S/c18-13-4-3-10(22(24)25)8-11(13)14-5-6-19-17-12(9-20-21(14)17)16(23)15-2-1-7-26-15/h1-9H. The van der Waals surface area contributed by atoms with E-state index in [1.54, 1.807) is 18.2 Å². The zero-order chi connectivity index (χ0) is 18.3. The number of nitrogens with zero attached hydrogens (tertiary/aromatic N) is 4. The molecule has 0 saturated carbocycles. The molecule has 1 aromatic carbocycles. The Balaban J connectivity index is 1.90. The molecule has 4 aromatic rings. The number of ketones is 1. The molecule has 0 aliphatic rings. The monoisotopic (exact) mass is 384 g/mol. The van der Waals surface area contributed by atoms with Crippen molar-refractivity contribution in [3.63, 3.8) is 0 Å². The molecule has 0 spiro atoms. The van der Waals surface area contributed by atoms with Gasteiger partial charge in [0.05, 0.1) is 32.3 Å². The number of carbonyl (C=O) groups is 1. The van der Waals surface area contributed by atoms with Crippen LogP contribution in [0.2, 0.25) is 5.02 Å². The van der Waals surface area contributed by atoms with Crippen molar-refractivity contribution in [3.05, 3.63) is 79.7 Å². The number of rotatable bonds is 4. The van der Waals surface area contributed by atoms with E-state index in [-0.39, 0.29) is 11.5 Å². The van der Waals surface area contributed by atoms with E-state index in [4.69, 9.17) is 11.6 Å². The van der Waals surface area contributed by atoms with Crippen molar-refractivity contribution in [2.75, 3.05) is 0 Å². The van der Waals surface area contributed by atoms with E-state index in [0.717, 1.165) is 0 Å². The van der Waals surface area contributed by atoms with Crippen molar-refractivity contribution in [2.24, 2.45) is 0 Å². The normalized spacial score (nSPS) is 11.0. The summed E-state index contributed by atoms with van der Waals surface area (Å²) in [4.78, 5) is 28.1. The summed E-state index contributed by atoms with van der Waals surface area (Å²) in [5.41, 5.74) is 1.58. The Kier molecular flexibility index (Phi) is 3.98. The molecule has 0 radical (unpaired) electrons. The van der Waals surface area contributed by atoms with Gasteiger partial charge in [-0.05, 0) is 23.6 Å². The number of thiophene rings is 1. The Morgan fingerprint density at radius 3 is 2.85 bits per heavy atom. The summed E-state index contributed by atoms with van der Waals surface area (Å²) in [5, 5.41) is 17.5. The predicted octanol–water partition coefficient (Wildman–Crippen LogP) is 4.25. The summed E-state index contributed by atoms with van der Waals surface area (Å²) in [5.74, 6) is -0.176. The van der Waals surface area contributed by atoms with Gasteiger partial charge in [-0.15, -0.1) is 11.3 Å². The number of non-ortho nitro benzene ring substituents is 1. The first-order valence-corrected chi connectivity index (χ1v) is 8.67. The van der Waals surface area contributed by atoms with Gasteiger partial charge >= 0.3 is 0 Å². The minimum atomic E-state index is -0.493. The van der Waals surface area contributed by atoms with Gasteiger partial charge in [-0.1, -0.05) is 17.7 Å². The van der Waals surface area contributed by atoms with Crippen LogP contribution in [0.1, 0.15) is 15.2 Å². The van der Waals surface area contributed by atoms with Gasteiger partial charge in [0.25, 0.3) is 5.69 Å². The Morgan fingerprint density at radius 2 is 2.12 bits per heavy atom. The Labute approximate surface area is 155 Å². The zero-order valence-corrected chi connectivity index (χ0v) is 14.6. The molecule has 26 heavy (non-hydrogen) atoms. The zero-order valence-electron chi connectivity index (χ0n) is 13.0. The highest BCUT2D eigenvalue weighted by atomic mass is 35.5. The second-order valence-electron chi connectivity index (χ2n) is 5.35. The molecule has 7 nitrogen and oxygen atoms in total. The molecule has 0 aliphatic carbocycles. The molecule has 9 heteroatoms. The van der Waals surface area contributed by atoms with Crippen LogP contribution < -0.4 is 0 Å². The van der Waals surface area contributed by atoms with Gasteiger partial charge < -0.3 is 0 Å². The minimum Gasteiger partial charge on any atom is -0.287 e. The average Bonchev–Trinajstić information content (AvgIpc) is 3.31. The van der Waals surface area contributed by atoms with Crippen molar-refractivity contribution in [3.8, 4) is 11.3 Å². The third-order valence-corrected chi connectivity index (χ3v) is 5.03. The van der Waals surface area contributed by atoms with E-state index >= 15 is 0 Å². The fraction of sp³-hybridized carbons (Fsp3) is 0. The van der Waals surface area contributed by atoms with E-state index in [1.807, 2.05) is 5.38 Å². The lowest BCUT2D eigenvalue weighted by Gasteiger charge is -2.07. The van der Waals surface area contributed by atoms with E-state index in [2.05, 4.69) is 10.1 Å². The first-order chi connectivity index (χ1) is 12.6. The van der Waals surface area contributed by atoms with E-state index < -0.39 is 4.92 Å². The van der Waals surface area contributed by atoms with Gasteiger partial charge in [0, 0.05) is 23.9 Å². The van der Waals surface area contributed by atoms with E-state index in [9.17, 15) is 14.9 Å². The van der Waals surface area contributed by atoms with Crippen LogP contribution in [-0.4, -0.2) is 25.3 Å². The summed E-state index contributed by atoms with van der Waals surface area (Å²) < 4.78 is 1.46. The first-order valence-electron chi connectivity index (χ1n) is 7.41. The van der Waals surface area contributed by atoms with Crippen molar-refractivity contribution in [1.29, 1.82) is 0 Å². The van der Waals surface area contributed by atoms with Crippen molar-refractivity contribution < 1.29 is 9.72 Å². The number of nitro benzene ring substituents is 1. The maximum atomic E-state index is 12.6. The molecular formula is C17H9ClN4O3S. The highest BCUT2D eigenvalue weighted by molar-refractivity contribution is 7.12. The topological polar surface area (TPSA) is 90.4 Å². The van der Waals surface area contributed by atoms with Crippen LogP contribution in [0.25, 0.3) is 16.9 Å². The summed E-state index contributed by atoms with van der Waals surface area (Å²) in [7, 11) is 0. The molecule has 0 saturated heterocycles. The lowest BCUT2D eigenvalue weighted by molar-refractivity contribution is -0.384. The van der Waals surface area contributed by atoms with Crippen molar-refractivity contribution in [2.45, 2.75) is 0 Å².